The van der Waals surface area contributed by atoms with Gasteiger partial charge in [-0.25, -0.2) is 8.42 Å². The van der Waals surface area contributed by atoms with Crippen LogP contribution in [0.4, 0.5) is 0 Å². The van der Waals surface area contributed by atoms with Gasteiger partial charge in [0.05, 0.1) is 12.5 Å². The number of sulfonamides is 1. The number of hydrogen-bond donors (Lipinski definition) is 0. The highest BCUT2D eigenvalue weighted by molar-refractivity contribution is 7.89. The molecular formula is C12H21ClN2O3S. The van der Waals surface area contributed by atoms with Crippen molar-refractivity contribution in [2.45, 2.75) is 24.6 Å². The van der Waals surface area contributed by atoms with Gasteiger partial charge in [-0.1, -0.05) is 6.92 Å². The van der Waals surface area contributed by atoms with Crippen LogP contribution in [0.15, 0.2) is 17.2 Å². The van der Waals surface area contributed by atoms with Gasteiger partial charge in [0.15, 0.2) is 0 Å². The fraction of sp³-hybridized carbons (Fsp3) is 0.667. The summed E-state index contributed by atoms with van der Waals surface area (Å²) in [7, 11) is -1.68. The van der Waals surface area contributed by atoms with Gasteiger partial charge in [0, 0.05) is 38.6 Å². The molecule has 5 nitrogen and oxygen atoms in total. The second kappa shape index (κ2) is 7.28. The van der Waals surface area contributed by atoms with E-state index >= 15 is 0 Å². The molecule has 7 heteroatoms. The quantitative estimate of drug-likeness (QED) is 0.543. The SMILES string of the molecule is CCOCCN(CC)S(=O)(=O)c1cc(CCl)n(C)c1. The predicted molar refractivity (Wildman–Crippen MR) is 75.9 cm³/mol. The van der Waals surface area contributed by atoms with Crippen LogP contribution >= 0.6 is 11.6 Å². The molecule has 0 N–H and O–H groups in total. The topological polar surface area (TPSA) is 51.5 Å². The van der Waals surface area contributed by atoms with E-state index in [0.29, 0.717) is 26.3 Å². The lowest BCUT2D eigenvalue weighted by Gasteiger charge is -2.19. The molecule has 1 rings (SSSR count). The smallest absolute Gasteiger partial charge is 0.244 e. The lowest BCUT2D eigenvalue weighted by Crippen LogP contribution is -2.33. The largest absolute Gasteiger partial charge is 0.380 e. The lowest BCUT2D eigenvalue weighted by molar-refractivity contribution is 0.135. The van der Waals surface area contributed by atoms with Gasteiger partial charge in [-0.2, -0.15) is 4.31 Å². The minimum absolute atomic E-state index is 0.281. The predicted octanol–water partition coefficient (Wildman–Crippen LogP) is 1.81. The van der Waals surface area contributed by atoms with Crippen LogP contribution in [0.1, 0.15) is 19.5 Å². The van der Waals surface area contributed by atoms with E-state index in [1.807, 2.05) is 13.8 Å². The van der Waals surface area contributed by atoms with Crippen molar-refractivity contribution in [1.29, 1.82) is 0 Å². The molecule has 0 aliphatic carbocycles. The fourth-order valence-electron chi connectivity index (χ4n) is 1.76. The van der Waals surface area contributed by atoms with Crippen molar-refractivity contribution >= 4 is 21.6 Å². The average Bonchev–Trinajstić information content (AvgIpc) is 2.76. The summed E-state index contributed by atoms with van der Waals surface area (Å²) >= 11 is 5.76. The van der Waals surface area contributed by atoms with Crippen LogP contribution in [0.2, 0.25) is 0 Å². The van der Waals surface area contributed by atoms with E-state index in [1.54, 1.807) is 23.9 Å². The zero-order valence-electron chi connectivity index (χ0n) is 11.6. The third kappa shape index (κ3) is 3.95. The number of halogens is 1. The number of alkyl halides is 1. The molecule has 0 aliphatic heterocycles. The summed E-state index contributed by atoms with van der Waals surface area (Å²) < 4.78 is 33.3. The maximum Gasteiger partial charge on any atom is 0.244 e. The Kier molecular flexibility index (Phi) is 6.32. The maximum absolute atomic E-state index is 12.5. The first-order valence-electron chi connectivity index (χ1n) is 6.26. The molecular weight excluding hydrogens is 288 g/mol. The summed E-state index contributed by atoms with van der Waals surface area (Å²) in [5, 5.41) is 0. The number of aryl methyl sites for hydroxylation is 1. The molecule has 0 spiro atoms. The lowest BCUT2D eigenvalue weighted by atomic mass is 10.5. The molecule has 0 saturated heterocycles. The molecule has 110 valence electrons. The Hall–Kier alpha value is -0.560. The van der Waals surface area contributed by atoms with E-state index in [9.17, 15) is 8.42 Å². The summed E-state index contributed by atoms with van der Waals surface area (Å²) in [6.45, 7) is 5.46. The Morgan fingerprint density at radius 2 is 2.11 bits per heavy atom. The van der Waals surface area contributed by atoms with E-state index in [1.165, 1.54) is 4.31 Å². The van der Waals surface area contributed by atoms with Crippen molar-refractivity contribution in [2.24, 2.45) is 7.05 Å². The summed E-state index contributed by atoms with van der Waals surface area (Å²) in [5.41, 5.74) is 0.779. The van der Waals surface area contributed by atoms with Crippen molar-refractivity contribution in [3.05, 3.63) is 18.0 Å². The zero-order chi connectivity index (χ0) is 14.5. The van der Waals surface area contributed by atoms with Crippen LogP contribution in [0.3, 0.4) is 0 Å². The first-order valence-corrected chi connectivity index (χ1v) is 8.23. The molecule has 0 fully saturated rings. The zero-order valence-corrected chi connectivity index (χ0v) is 13.2. The average molecular weight is 309 g/mol. The second-order valence-corrected chi connectivity index (χ2v) is 6.31. The van der Waals surface area contributed by atoms with Gasteiger partial charge in [0.1, 0.15) is 4.90 Å². The fourth-order valence-corrected chi connectivity index (χ4v) is 3.55. The van der Waals surface area contributed by atoms with E-state index < -0.39 is 10.0 Å². The molecule has 0 amide bonds. The number of aromatic nitrogens is 1. The van der Waals surface area contributed by atoms with Gasteiger partial charge >= 0.3 is 0 Å². The number of ether oxygens (including phenoxy) is 1. The van der Waals surface area contributed by atoms with E-state index in [-0.39, 0.29) is 10.8 Å². The number of likely N-dealkylation sites (N-methyl/N-ethyl adjacent to an activating group) is 1. The van der Waals surface area contributed by atoms with Crippen molar-refractivity contribution in [3.8, 4) is 0 Å². The molecule has 1 aromatic heterocycles. The van der Waals surface area contributed by atoms with E-state index in [2.05, 4.69) is 0 Å². The normalized spacial score (nSPS) is 12.3. The van der Waals surface area contributed by atoms with Gasteiger partial charge in [0.2, 0.25) is 10.0 Å². The first-order chi connectivity index (χ1) is 8.97. The third-order valence-electron chi connectivity index (χ3n) is 2.90. The van der Waals surface area contributed by atoms with Crippen LogP contribution in [0.25, 0.3) is 0 Å². The molecule has 0 unspecified atom stereocenters. The molecule has 0 atom stereocenters. The third-order valence-corrected chi connectivity index (χ3v) is 5.11. The number of nitrogens with zero attached hydrogens (tertiary/aromatic N) is 2. The molecule has 0 aromatic carbocycles. The van der Waals surface area contributed by atoms with Gasteiger partial charge in [-0.3, -0.25) is 0 Å². The maximum atomic E-state index is 12.5. The van der Waals surface area contributed by atoms with Gasteiger partial charge in [-0.05, 0) is 13.0 Å². The molecule has 0 bridgehead atoms. The highest BCUT2D eigenvalue weighted by Gasteiger charge is 2.24. The Morgan fingerprint density at radius 1 is 1.42 bits per heavy atom. The van der Waals surface area contributed by atoms with Crippen LogP contribution in [0.5, 0.6) is 0 Å². The second-order valence-electron chi connectivity index (χ2n) is 4.11. The van der Waals surface area contributed by atoms with Gasteiger partial charge in [0.25, 0.3) is 0 Å². The Morgan fingerprint density at radius 3 is 2.58 bits per heavy atom. The monoisotopic (exact) mass is 308 g/mol. The Labute approximate surface area is 120 Å². The first kappa shape index (κ1) is 16.5. The highest BCUT2D eigenvalue weighted by atomic mass is 35.5. The summed E-state index contributed by atoms with van der Waals surface area (Å²) in [6.07, 6.45) is 1.59. The van der Waals surface area contributed by atoms with Crippen molar-refractivity contribution in [2.75, 3.05) is 26.3 Å². The van der Waals surface area contributed by atoms with Crippen molar-refractivity contribution in [3.63, 3.8) is 0 Å². The molecule has 1 aromatic rings. The summed E-state index contributed by atoms with van der Waals surface area (Å²) in [4.78, 5) is 0.281. The van der Waals surface area contributed by atoms with Crippen molar-refractivity contribution in [1.82, 2.24) is 8.87 Å². The van der Waals surface area contributed by atoms with Crippen LogP contribution in [0, 0.1) is 0 Å². The van der Waals surface area contributed by atoms with Gasteiger partial charge < -0.3 is 9.30 Å². The standard InChI is InChI=1S/C12H21ClN2O3S/c1-4-15(6-7-18-5-2)19(16,17)12-8-11(9-13)14(3)10-12/h8,10H,4-7,9H2,1-3H3. The minimum Gasteiger partial charge on any atom is -0.380 e. The van der Waals surface area contributed by atoms with Crippen LogP contribution < -0.4 is 0 Å². The molecule has 19 heavy (non-hydrogen) atoms. The molecule has 0 saturated carbocycles. The summed E-state index contributed by atoms with van der Waals surface area (Å²) in [5.74, 6) is 0.289. The van der Waals surface area contributed by atoms with Crippen LogP contribution in [-0.2, 0) is 27.7 Å². The van der Waals surface area contributed by atoms with Crippen LogP contribution in [-0.4, -0.2) is 43.6 Å². The Bertz CT molecular complexity index is 499. The minimum atomic E-state index is -3.47. The molecule has 0 aliphatic rings. The van der Waals surface area contributed by atoms with Crippen molar-refractivity contribution < 1.29 is 13.2 Å². The Balaban J connectivity index is 2.92. The molecule has 0 radical (unpaired) electrons. The number of hydrogen-bond acceptors (Lipinski definition) is 3. The van der Waals surface area contributed by atoms with Gasteiger partial charge in [-0.15, -0.1) is 11.6 Å². The number of rotatable bonds is 8. The highest BCUT2D eigenvalue weighted by Crippen LogP contribution is 2.19. The molecule has 1 heterocycles. The van der Waals surface area contributed by atoms with E-state index in [0.717, 1.165) is 5.69 Å². The van der Waals surface area contributed by atoms with E-state index in [4.69, 9.17) is 16.3 Å². The summed E-state index contributed by atoms with van der Waals surface area (Å²) in [6, 6.07) is 1.62.